The maximum Gasteiger partial charge on any atom is 0.217 e. The van der Waals surface area contributed by atoms with Gasteiger partial charge in [-0.2, -0.15) is 4.98 Å². The van der Waals surface area contributed by atoms with Crippen LogP contribution >= 0.6 is 0 Å². The molecule has 0 saturated carbocycles. The molecule has 0 aliphatic heterocycles. The molecule has 1 N–H and O–H groups in total. The summed E-state index contributed by atoms with van der Waals surface area (Å²) in [5.41, 5.74) is 1.02. The third-order valence-corrected chi connectivity index (χ3v) is 2.04. The Balaban J connectivity index is 2.71. The molecule has 0 fully saturated rings. The van der Waals surface area contributed by atoms with Gasteiger partial charge in [0.25, 0.3) is 0 Å². The average Bonchev–Trinajstić information content (AvgIpc) is 2.17. The van der Waals surface area contributed by atoms with E-state index in [1.807, 2.05) is 27.0 Å². The minimum atomic E-state index is 0.119. The zero-order valence-electron chi connectivity index (χ0n) is 9.87. The van der Waals surface area contributed by atoms with E-state index in [1.165, 1.54) is 0 Å². The molecule has 0 aliphatic carbocycles. The fourth-order valence-electron chi connectivity index (χ4n) is 1.38. The highest BCUT2D eigenvalue weighted by Crippen LogP contribution is 2.11. The lowest BCUT2D eigenvalue weighted by Gasteiger charge is -2.13. The van der Waals surface area contributed by atoms with Crippen LogP contribution < -0.4 is 10.1 Å². The first kappa shape index (κ1) is 11.9. The molecule has 0 aliphatic rings. The van der Waals surface area contributed by atoms with Gasteiger partial charge in [0, 0.05) is 18.3 Å². The molecule has 0 aromatic carbocycles. The summed E-state index contributed by atoms with van der Waals surface area (Å²) < 4.78 is 5.66. The van der Waals surface area contributed by atoms with Gasteiger partial charge in [-0.3, -0.25) is 0 Å². The first-order valence-electron chi connectivity index (χ1n) is 5.31. The molecule has 0 bridgehead atoms. The predicted octanol–water partition coefficient (Wildman–Crippen LogP) is 1.33. The van der Waals surface area contributed by atoms with Crippen molar-refractivity contribution in [1.82, 2.24) is 15.3 Å². The van der Waals surface area contributed by atoms with E-state index < -0.39 is 0 Å². The number of rotatable bonds is 5. The van der Waals surface area contributed by atoms with Crippen molar-refractivity contribution in [2.24, 2.45) is 0 Å². The summed E-state index contributed by atoms with van der Waals surface area (Å²) in [4.78, 5) is 8.54. The van der Waals surface area contributed by atoms with Crippen molar-refractivity contribution in [3.05, 3.63) is 17.6 Å². The Kier molecular flexibility index (Phi) is 4.49. The molecule has 1 heterocycles. The molecule has 4 heteroatoms. The van der Waals surface area contributed by atoms with Crippen LogP contribution in [-0.4, -0.2) is 29.7 Å². The van der Waals surface area contributed by atoms with Crippen LogP contribution in [0.1, 0.15) is 25.4 Å². The van der Waals surface area contributed by atoms with E-state index in [0.29, 0.717) is 5.88 Å². The minimum absolute atomic E-state index is 0.119. The molecule has 0 spiro atoms. The summed E-state index contributed by atoms with van der Waals surface area (Å²) in [6.07, 6.45) is 1.02. The molecule has 1 atom stereocenters. The maximum absolute atomic E-state index is 5.66. The number of hydrogen-bond donors (Lipinski definition) is 1. The lowest BCUT2D eigenvalue weighted by Crippen LogP contribution is -2.26. The molecular weight excluding hydrogens is 190 g/mol. The van der Waals surface area contributed by atoms with Crippen molar-refractivity contribution >= 4 is 0 Å². The van der Waals surface area contributed by atoms with Gasteiger partial charge in [0.1, 0.15) is 11.9 Å². The van der Waals surface area contributed by atoms with E-state index in [1.54, 1.807) is 0 Å². The van der Waals surface area contributed by atoms with Crippen LogP contribution in [0, 0.1) is 6.92 Å². The number of likely N-dealkylation sites (N-methyl/N-ethyl adjacent to an activating group) is 1. The van der Waals surface area contributed by atoms with Gasteiger partial charge < -0.3 is 10.1 Å². The summed E-state index contributed by atoms with van der Waals surface area (Å²) in [5, 5.41) is 3.06. The number of aromatic nitrogens is 2. The van der Waals surface area contributed by atoms with Crippen molar-refractivity contribution < 1.29 is 4.74 Å². The summed E-state index contributed by atoms with van der Waals surface area (Å²) >= 11 is 0. The van der Waals surface area contributed by atoms with Crippen LogP contribution in [0.5, 0.6) is 5.88 Å². The van der Waals surface area contributed by atoms with Gasteiger partial charge in [-0.15, -0.1) is 0 Å². The van der Waals surface area contributed by atoms with E-state index in [-0.39, 0.29) is 6.10 Å². The lowest BCUT2D eigenvalue weighted by atomic mass is 10.3. The highest BCUT2D eigenvalue weighted by atomic mass is 16.5. The topological polar surface area (TPSA) is 47.0 Å². The second-order valence-corrected chi connectivity index (χ2v) is 3.58. The van der Waals surface area contributed by atoms with Crippen molar-refractivity contribution in [2.45, 2.75) is 33.3 Å². The molecule has 1 aromatic heterocycles. The van der Waals surface area contributed by atoms with E-state index in [2.05, 4.69) is 22.2 Å². The first-order valence-corrected chi connectivity index (χ1v) is 5.31. The average molecular weight is 209 g/mol. The molecule has 0 radical (unpaired) electrons. The normalized spacial score (nSPS) is 12.5. The quantitative estimate of drug-likeness (QED) is 0.795. The molecule has 1 aromatic rings. The Labute approximate surface area is 91.1 Å². The summed E-state index contributed by atoms with van der Waals surface area (Å²) in [6.45, 7) is 6.78. The second kappa shape index (κ2) is 5.66. The van der Waals surface area contributed by atoms with E-state index in [0.717, 1.165) is 24.5 Å². The third kappa shape index (κ3) is 3.83. The van der Waals surface area contributed by atoms with Crippen molar-refractivity contribution in [1.29, 1.82) is 0 Å². The zero-order chi connectivity index (χ0) is 11.3. The summed E-state index contributed by atoms with van der Waals surface area (Å²) in [5.74, 6) is 1.43. The van der Waals surface area contributed by atoms with Gasteiger partial charge in [-0.1, -0.05) is 6.92 Å². The molecular formula is C11H19N3O. The molecule has 1 rings (SSSR count). The highest BCUT2D eigenvalue weighted by Gasteiger charge is 2.06. The summed E-state index contributed by atoms with van der Waals surface area (Å²) in [6, 6.07) is 1.90. The second-order valence-electron chi connectivity index (χ2n) is 3.58. The number of nitrogens with one attached hydrogen (secondary N) is 1. The Morgan fingerprint density at radius 1 is 1.47 bits per heavy atom. The van der Waals surface area contributed by atoms with E-state index in [9.17, 15) is 0 Å². The largest absolute Gasteiger partial charge is 0.473 e. The SMILES string of the molecule is CCc1cc(OC(C)CNC)nc(C)n1. The predicted molar refractivity (Wildman–Crippen MR) is 60.2 cm³/mol. The van der Waals surface area contributed by atoms with Crippen LogP contribution in [-0.2, 0) is 6.42 Å². The van der Waals surface area contributed by atoms with Crippen LogP contribution in [0.4, 0.5) is 0 Å². The summed E-state index contributed by atoms with van der Waals surface area (Å²) in [7, 11) is 1.91. The van der Waals surface area contributed by atoms with Crippen LogP contribution in [0.25, 0.3) is 0 Å². The van der Waals surface area contributed by atoms with Gasteiger partial charge in [0.15, 0.2) is 0 Å². The Morgan fingerprint density at radius 2 is 2.20 bits per heavy atom. The highest BCUT2D eigenvalue weighted by molar-refractivity contribution is 5.16. The standard InChI is InChI=1S/C11H19N3O/c1-5-10-6-11(14-9(3)13-10)15-8(2)7-12-4/h6,8,12H,5,7H2,1-4H3. The molecule has 4 nitrogen and oxygen atoms in total. The first-order chi connectivity index (χ1) is 7.15. The zero-order valence-corrected chi connectivity index (χ0v) is 9.87. The van der Waals surface area contributed by atoms with Gasteiger partial charge in [0.05, 0.1) is 0 Å². The van der Waals surface area contributed by atoms with Crippen LogP contribution in [0.3, 0.4) is 0 Å². The van der Waals surface area contributed by atoms with Crippen LogP contribution in [0.15, 0.2) is 6.07 Å². The van der Waals surface area contributed by atoms with Gasteiger partial charge in [-0.05, 0) is 27.3 Å². The molecule has 0 saturated heterocycles. The monoisotopic (exact) mass is 209 g/mol. The van der Waals surface area contributed by atoms with Gasteiger partial charge >= 0.3 is 0 Å². The van der Waals surface area contributed by atoms with Gasteiger partial charge in [-0.25, -0.2) is 4.98 Å². The Hall–Kier alpha value is -1.16. The van der Waals surface area contributed by atoms with Crippen LogP contribution in [0.2, 0.25) is 0 Å². The number of hydrogen-bond acceptors (Lipinski definition) is 4. The fourth-order valence-corrected chi connectivity index (χ4v) is 1.38. The smallest absolute Gasteiger partial charge is 0.217 e. The van der Waals surface area contributed by atoms with Crippen molar-refractivity contribution in [2.75, 3.05) is 13.6 Å². The molecule has 15 heavy (non-hydrogen) atoms. The maximum atomic E-state index is 5.66. The minimum Gasteiger partial charge on any atom is -0.473 e. The van der Waals surface area contributed by atoms with Crippen molar-refractivity contribution in [3.8, 4) is 5.88 Å². The van der Waals surface area contributed by atoms with E-state index >= 15 is 0 Å². The Morgan fingerprint density at radius 3 is 2.80 bits per heavy atom. The number of aryl methyl sites for hydroxylation is 2. The molecule has 1 unspecified atom stereocenters. The van der Waals surface area contributed by atoms with E-state index in [4.69, 9.17) is 4.74 Å². The fraction of sp³-hybridized carbons (Fsp3) is 0.636. The van der Waals surface area contributed by atoms with Gasteiger partial charge in [0.2, 0.25) is 5.88 Å². The van der Waals surface area contributed by atoms with Crippen molar-refractivity contribution in [3.63, 3.8) is 0 Å². The molecule has 0 amide bonds. The molecule has 84 valence electrons. The Bertz CT molecular complexity index is 315. The number of nitrogens with zero attached hydrogens (tertiary/aromatic N) is 2. The number of ether oxygens (including phenoxy) is 1. The lowest BCUT2D eigenvalue weighted by molar-refractivity contribution is 0.211. The third-order valence-electron chi connectivity index (χ3n) is 2.04.